The van der Waals surface area contributed by atoms with Crippen LogP contribution in [0.5, 0.6) is 5.75 Å². The van der Waals surface area contributed by atoms with Gasteiger partial charge in [-0.1, -0.05) is 12.1 Å². The molecule has 2 rings (SSSR count). The second-order valence-electron chi connectivity index (χ2n) is 5.22. The summed E-state index contributed by atoms with van der Waals surface area (Å²) in [5.74, 6) is -1.66. The zero-order chi connectivity index (χ0) is 20.0. The lowest BCUT2D eigenvalue weighted by molar-refractivity contribution is -0.153. The first-order chi connectivity index (χ1) is 12.8. The van der Waals surface area contributed by atoms with Gasteiger partial charge in [0.25, 0.3) is 0 Å². The number of benzene rings is 1. The van der Waals surface area contributed by atoms with Gasteiger partial charge in [0.1, 0.15) is 11.4 Å². The highest BCUT2D eigenvalue weighted by molar-refractivity contribution is 6.05. The number of nitrogens with zero attached hydrogens (tertiary/aromatic N) is 1. The molecule has 0 N–H and O–H groups in total. The lowest BCUT2D eigenvalue weighted by atomic mass is 10.1. The molecule has 0 saturated carbocycles. The Hall–Kier alpha value is -3.23. The van der Waals surface area contributed by atoms with Crippen molar-refractivity contribution in [1.29, 1.82) is 0 Å². The highest BCUT2D eigenvalue weighted by Gasteiger charge is 2.29. The summed E-state index contributed by atoms with van der Waals surface area (Å²) in [4.78, 5) is 25.7. The van der Waals surface area contributed by atoms with Crippen molar-refractivity contribution in [2.75, 3.05) is 25.7 Å². The van der Waals surface area contributed by atoms with E-state index in [4.69, 9.17) is 14.2 Å². The molecule has 0 aliphatic carbocycles. The Morgan fingerprint density at radius 2 is 1.78 bits per heavy atom. The lowest BCUT2D eigenvalue weighted by Gasteiger charge is -2.23. The predicted molar refractivity (Wildman–Crippen MR) is 89.8 cm³/mol. The van der Waals surface area contributed by atoms with Crippen LogP contribution in [0.15, 0.2) is 60.0 Å². The molecule has 9 heteroatoms. The monoisotopic (exact) mass is 383 g/mol. The predicted octanol–water partition coefficient (Wildman–Crippen LogP) is 3.12. The summed E-state index contributed by atoms with van der Waals surface area (Å²) in [6.07, 6.45) is 1.40. The average Bonchev–Trinajstić information content (AvgIpc) is 2.87. The molecule has 0 amide bonds. The Morgan fingerprint density at radius 1 is 1.07 bits per heavy atom. The van der Waals surface area contributed by atoms with Crippen LogP contribution in [0, 0.1) is 0 Å². The zero-order valence-corrected chi connectivity index (χ0v) is 14.4. The molecule has 1 aromatic rings. The molecule has 0 saturated heterocycles. The number of hydrogen-bond acceptors (Lipinski definition) is 6. The molecule has 144 valence electrons. The van der Waals surface area contributed by atoms with E-state index < -0.39 is 24.7 Å². The van der Waals surface area contributed by atoms with Crippen LogP contribution in [0.3, 0.4) is 0 Å². The normalized spacial score (nSPS) is 14.0. The molecule has 1 heterocycles. The summed E-state index contributed by atoms with van der Waals surface area (Å²) in [5, 5.41) is 0. The first-order valence-electron chi connectivity index (χ1n) is 7.61. The first-order valence-corrected chi connectivity index (χ1v) is 7.61. The van der Waals surface area contributed by atoms with Crippen molar-refractivity contribution in [3.05, 3.63) is 60.0 Å². The number of anilines is 1. The number of methoxy groups -OCH3 is 2. The fourth-order valence-corrected chi connectivity index (χ4v) is 2.25. The van der Waals surface area contributed by atoms with Crippen molar-refractivity contribution in [1.82, 2.24) is 0 Å². The Morgan fingerprint density at radius 3 is 2.41 bits per heavy atom. The van der Waals surface area contributed by atoms with Crippen LogP contribution in [-0.2, 0) is 19.1 Å². The van der Waals surface area contributed by atoms with Crippen LogP contribution >= 0.6 is 0 Å². The van der Waals surface area contributed by atoms with E-state index in [1.165, 1.54) is 47.5 Å². The molecule has 6 nitrogen and oxygen atoms in total. The molecule has 0 aromatic heterocycles. The lowest BCUT2D eigenvalue weighted by Crippen LogP contribution is -2.27. The third-order valence-electron chi connectivity index (χ3n) is 3.39. The second kappa shape index (κ2) is 8.43. The number of hydrogen-bond donors (Lipinski definition) is 0. The van der Waals surface area contributed by atoms with Crippen LogP contribution in [0.1, 0.15) is 0 Å². The van der Waals surface area contributed by atoms with Gasteiger partial charge in [-0.25, -0.2) is 9.59 Å². The van der Waals surface area contributed by atoms with Crippen LogP contribution in [-0.4, -0.2) is 38.9 Å². The van der Waals surface area contributed by atoms with Gasteiger partial charge in [-0.05, 0) is 24.3 Å². The molecule has 1 aliphatic rings. The Balaban J connectivity index is 2.48. The largest absolute Gasteiger partial charge is 0.484 e. The first kappa shape index (κ1) is 20.1. The highest BCUT2D eigenvalue weighted by atomic mass is 19.4. The van der Waals surface area contributed by atoms with Crippen molar-refractivity contribution >= 4 is 17.6 Å². The van der Waals surface area contributed by atoms with Gasteiger partial charge in [0.2, 0.25) is 0 Å². The van der Waals surface area contributed by atoms with E-state index >= 15 is 0 Å². The van der Waals surface area contributed by atoms with E-state index in [-0.39, 0.29) is 22.7 Å². The third-order valence-corrected chi connectivity index (χ3v) is 3.39. The molecule has 0 radical (unpaired) electrons. The zero-order valence-electron chi connectivity index (χ0n) is 14.4. The van der Waals surface area contributed by atoms with Crippen molar-refractivity contribution in [3.63, 3.8) is 0 Å². The molecule has 0 bridgehead atoms. The minimum Gasteiger partial charge on any atom is -0.484 e. The van der Waals surface area contributed by atoms with Crippen molar-refractivity contribution in [2.45, 2.75) is 6.18 Å². The average molecular weight is 383 g/mol. The van der Waals surface area contributed by atoms with E-state index in [0.717, 1.165) is 14.2 Å². The van der Waals surface area contributed by atoms with E-state index in [1.54, 1.807) is 6.08 Å². The van der Waals surface area contributed by atoms with Gasteiger partial charge in [0.15, 0.2) is 6.61 Å². The summed E-state index contributed by atoms with van der Waals surface area (Å²) in [6, 6.07) is 5.64. The number of ether oxygens (including phenoxy) is 3. The van der Waals surface area contributed by atoms with E-state index in [9.17, 15) is 22.8 Å². The van der Waals surface area contributed by atoms with Crippen LogP contribution < -0.4 is 9.64 Å². The minimum absolute atomic E-state index is 0.0562. The molecule has 1 aromatic carbocycles. The number of esters is 2. The van der Waals surface area contributed by atoms with Crippen LogP contribution in [0.4, 0.5) is 18.9 Å². The standard InChI is InChI=1S/C18H16F3NO5/c1-25-16(23)14-8-3-4-9-22(15(14)17(24)26-2)12-6-5-7-13(10-12)27-11-18(19,20)21/h3-10H,11H2,1-2H3. The summed E-state index contributed by atoms with van der Waals surface area (Å²) in [5.41, 5.74) is 0.0645. The molecule has 0 unspecified atom stereocenters. The maximum atomic E-state index is 12.4. The number of carbonyl (C=O) groups excluding carboxylic acids is 2. The van der Waals surface area contributed by atoms with Crippen LogP contribution in [0.25, 0.3) is 0 Å². The SMILES string of the molecule is COC(=O)C1=C(C(=O)OC)N(c2cccc(OCC(F)(F)F)c2)C=CC=C1. The maximum absolute atomic E-state index is 12.4. The number of allylic oxidation sites excluding steroid dienone is 2. The smallest absolute Gasteiger partial charge is 0.422 e. The number of carbonyl (C=O) groups is 2. The highest BCUT2D eigenvalue weighted by Crippen LogP contribution is 2.29. The van der Waals surface area contributed by atoms with Gasteiger partial charge in [-0.2, -0.15) is 13.2 Å². The molecular weight excluding hydrogens is 367 g/mol. The molecule has 0 fully saturated rings. The van der Waals surface area contributed by atoms with E-state index in [2.05, 4.69) is 0 Å². The third kappa shape index (κ3) is 5.13. The van der Waals surface area contributed by atoms with Gasteiger partial charge in [0, 0.05) is 18.0 Å². The number of alkyl halides is 3. The van der Waals surface area contributed by atoms with E-state index in [1.807, 2.05) is 0 Å². The molecule has 0 atom stereocenters. The van der Waals surface area contributed by atoms with Crippen molar-refractivity contribution < 1.29 is 37.0 Å². The Labute approximate surface area is 153 Å². The number of rotatable bonds is 5. The Kier molecular flexibility index (Phi) is 6.27. The topological polar surface area (TPSA) is 65.1 Å². The van der Waals surface area contributed by atoms with Gasteiger partial charge in [-0.15, -0.1) is 0 Å². The summed E-state index contributed by atoms with van der Waals surface area (Å²) in [7, 11) is 2.30. The molecule has 27 heavy (non-hydrogen) atoms. The van der Waals surface area contributed by atoms with E-state index in [0.29, 0.717) is 0 Å². The van der Waals surface area contributed by atoms with Crippen molar-refractivity contribution in [2.24, 2.45) is 0 Å². The Bertz CT molecular complexity index is 811. The van der Waals surface area contributed by atoms with Gasteiger partial charge >= 0.3 is 18.1 Å². The molecule has 0 spiro atoms. The van der Waals surface area contributed by atoms with Gasteiger partial charge in [0.05, 0.1) is 19.8 Å². The quantitative estimate of drug-likeness (QED) is 0.728. The fraction of sp³-hybridized carbons (Fsp3) is 0.222. The molecular formula is C18H16F3NO5. The minimum atomic E-state index is -4.49. The van der Waals surface area contributed by atoms with Crippen LogP contribution in [0.2, 0.25) is 0 Å². The summed E-state index contributed by atoms with van der Waals surface area (Å²) in [6.45, 7) is -1.46. The van der Waals surface area contributed by atoms with Gasteiger partial charge < -0.3 is 19.1 Å². The summed E-state index contributed by atoms with van der Waals surface area (Å²) >= 11 is 0. The fourth-order valence-electron chi connectivity index (χ4n) is 2.25. The maximum Gasteiger partial charge on any atom is 0.422 e. The van der Waals surface area contributed by atoms with Crippen molar-refractivity contribution in [3.8, 4) is 5.75 Å². The summed E-state index contributed by atoms with van der Waals surface area (Å²) < 4.78 is 51.3. The van der Waals surface area contributed by atoms with Gasteiger partial charge in [-0.3, -0.25) is 0 Å². The molecule has 1 aliphatic heterocycles. The number of halogens is 3. The second-order valence-corrected chi connectivity index (χ2v) is 5.22.